The Morgan fingerprint density at radius 1 is 1.05 bits per heavy atom. The molecule has 0 heterocycles. The van der Waals surface area contributed by atoms with E-state index in [9.17, 15) is 9.50 Å². The molecule has 1 atom stereocenters. The van der Waals surface area contributed by atoms with Crippen LogP contribution in [0, 0.1) is 5.82 Å². The van der Waals surface area contributed by atoms with Crippen LogP contribution >= 0.6 is 11.6 Å². The molecule has 1 unspecified atom stereocenters. The van der Waals surface area contributed by atoms with E-state index in [-0.39, 0.29) is 12.2 Å². The van der Waals surface area contributed by atoms with Crippen molar-refractivity contribution in [1.29, 1.82) is 0 Å². The molecule has 106 valence electrons. The Morgan fingerprint density at radius 2 is 1.80 bits per heavy atom. The SMILES string of the molecule is OC(CCCc1ccccc1)Cc1c(F)cccc1Cl. The molecule has 0 aromatic heterocycles. The Kier molecular flexibility index (Phi) is 5.57. The van der Waals surface area contributed by atoms with Gasteiger partial charge in [-0.15, -0.1) is 0 Å². The maximum atomic E-state index is 13.6. The first-order valence-corrected chi connectivity index (χ1v) is 7.19. The van der Waals surface area contributed by atoms with Gasteiger partial charge in [0.15, 0.2) is 0 Å². The van der Waals surface area contributed by atoms with E-state index in [1.165, 1.54) is 11.6 Å². The molecule has 2 aromatic carbocycles. The van der Waals surface area contributed by atoms with Crippen LogP contribution in [0.4, 0.5) is 4.39 Å². The summed E-state index contributed by atoms with van der Waals surface area (Å²) in [7, 11) is 0. The summed E-state index contributed by atoms with van der Waals surface area (Å²) in [4.78, 5) is 0. The second-order valence-corrected chi connectivity index (χ2v) is 5.34. The van der Waals surface area contributed by atoms with Crippen molar-refractivity contribution in [1.82, 2.24) is 0 Å². The van der Waals surface area contributed by atoms with Gasteiger partial charge in [0.2, 0.25) is 0 Å². The average Bonchev–Trinajstić information content (AvgIpc) is 2.44. The first kappa shape index (κ1) is 15.0. The lowest BCUT2D eigenvalue weighted by Crippen LogP contribution is -2.12. The summed E-state index contributed by atoms with van der Waals surface area (Å²) < 4.78 is 13.6. The van der Waals surface area contributed by atoms with Crippen LogP contribution < -0.4 is 0 Å². The molecule has 0 aliphatic heterocycles. The molecule has 0 amide bonds. The average molecular weight is 293 g/mol. The zero-order valence-electron chi connectivity index (χ0n) is 11.2. The third-order valence-electron chi connectivity index (χ3n) is 3.35. The number of hydrogen-bond acceptors (Lipinski definition) is 1. The summed E-state index contributed by atoms with van der Waals surface area (Å²) in [6.45, 7) is 0. The van der Waals surface area contributed by atoms with Crippen LogP contribution in [0.15, 0.2) is 48.5 Å². The minimum absolute atomic E-state index is 0.264. The maximum Gasteiger partial charge on any atom is 0.127 e. The second-order valence-electron chi connectivity index (χ2n) is 4.94. The van der Waals surface area contributed by atoms with E-state index in [1.54, 1.807) is 12.1 Å². The lowest BCUT2D eigenvalue weighted by atomic mass is 10.0. The van der Waals surface area contributed by atoms with Crippen molar-refractivity contribution in [3.8, 4) is 0 Å². The molecule has 0 bridgehead atoms. The third kappa shape index (κ3) is 4.32. The smallest absolute Gasteiger partial charge is 0.127 e. The fourth-order valence-corrected chi connectivity index (χ4v) is 2.49. The molecule has 0 spiro atoms. The highest BCUT2D eigenvalue weighted by atomic mass is 35.5. The summed E-state index contributed by atoms with van der Waals surface area (Å²) in [6.07, 6.45) is 2.13. The standard InChI is InChI=1S/C17H18ClFO/c18-16-10-5-11-17(19)15(16)12-14(20)9-4-8-13-6-2-1-3-7-13/h1-3,5-7,10-11,14,20H,4,8-9,12H2. The molecular formula is C17H18ClFO. The zero-order valence-corrected chi connectivity index (χ0v) is 12.0. The van der Waals surface area contributed by atoms with Crippen LogP contribution in [-0.2, 0) is 12.8 Å². The highest BCUT2D eigenvalue weighted by Gasteiger charge is 2.12. The van der Waals surface area contributed by atoms with Gasteiger partial charge < -0.3 is 5.11 Å². The van der Waals surface area contributed by atoms with Crippen LogP contribution in [-0.4, -0.2) is 11.2 Å². The summed E-state index contributed by atoms with van der Waals surface area (Å²) in [5.74, 6) is -0.348. The van der Waals surface area contributed by atoms with Crippen molar-refractivity contribution in [3.05, 3.63) is 70.5 Å². The van der Waals surface area contributed by atoms with E-state index >= 15 is 0 Å². The molecule has 1 N–H and O–H groups in total. The topological polar surface area (TPSA) is 20.2 Å². The molecule has 0 saturated heterocycles. The number of rotatable bonds is 6. The Hall–Kier alpha value is -1.38. The molecular weight excluding hydrogens is 275 g/mol. The van der Waals surface area contributed by atoms with Gasteiger partial charge in [0, 0.05) is 17.0 Å². The van der Waals surface area contributed by atoms with Crippen molar-refractivity contribution in [2.24, 2.45) is 0 Å². The summed E-state index contributed by atoms with van der Waals surface area (Å²) in [5.41, 5.74) is 1.66. The largest absolute Gasteiger partial charge is 0.393 e. The van der Waals surface area contributed by atoms with Crippen molar-refractivity contribution in [2.75, 3.05) is 0 Å². The molecule has 0 saturated carbocycles. The van der Waals surface area contributed by atoms with Gasteiger partial charge in [-0.25, -0.2) is 4.39 Å². The number of hydrogen-bond donors (Lipinski definition) is 1. The van der Waals surface area contributed by atoms with Crippen molar-refractivity contribution in [2.45, 2.75) is 31.8 Å². The summed E-state index contributed by atoms with van der Waals surface area (Å²) in [5, 5.41) is 10.4. The molecule has 20 heavy (non-hydrogen) atoms. The monoisotopic (exact) mass is 292 g/mol. The maximum absolute atomic E-state index is 13.6. The number of aliphatic hydroxyl groups is 1. The van der Waals surface area contributed by atoms with E-state index in [0.29, 0.717) is 17.0 Å². The predicted octanol–water partition coefficient (Wildman–Crippen LogP) is 4.41. The van der Waals surface area contributed by atoms with Gasteiger partial charge in [-0.2, -0.15) is 0 Å². The minimum Gasteiger partial charge on any atom is -0.393 e. The Bertz CT molecular complexity index is 522. The van der Waals surface area contributed by atoms with E-state index in [0.717, 1.165) is 12.8 Å². The second kappa shape index (κ2) is 7.41. The van der Waals surface area contributed by atoms with Crippen LogP contribution in [0.3, 0.4) is 0 Å². The van der Waals surface area contributed by atoms with Crippen LogP contribution in [0.25, 0.3) is 0 Å². The van der Waals surface area contributed by atoms with E-state index < -0.39 is 6.10 Å². The van der Waals surface area contributed by atoms with Gasteiger partial charge in [0.1, 0.15) is 5.82 Å². The zero-order chi connectivity index (χ0) is 14.4. The quantitative estimate of drug-likeness (QED) is 0.836. The van der Waals surface area contributed by atoms with Gasteiger partial charge in [0.25, 0.3) is 0 Å². The van der Waals surface area contributed by atoms with Gasteiger partial charge in [-0.05, 0) is 37.0 Å². The molecule has 0 fully saturated rings. The van der Waals surface area contributed by atoms with Crippen LogP contribution in [0.1, 0.15) is 24.0 Å². The van der Waals surface area contributed by atoms with Gasteiger partial charge >= 0.3 is 0 Å². The molecule has 0 aliphatic rings. The number of aliphatic hydroxyl groups excluding tert-OH is 1. The summed E-state index contributed by atoms with van der Waals surface area (Å²) in [6, 6.07) is 14.7. The number of aryl methyl sites for hydroxylation is 1. The van der Waals surface area contributed by atoms with Gasteiger partial charge in [0.05, 0.1) is 6.10 Å². The Balaban J connectivity index is 1.82. The third-order valence-corrected chi connectivity index (χ3v) is 3.70. The van der Waals surface area contributed by atoms with E-state index in [2.05, 4.69) is 12.1 Å². The highest BCUT2D eigenvalue weighted by Crippen LogP contribution is 2.21. The molecule has 1 nitrogen and oxygen atoms in total. The molecule has 0 radical (unpaired) electrons. The Morgan fingerprint density at radius 3 is 2.50 bits per heavy atom. The van der Waals surface area contributed by atoms with Crippen LogP contribution in [0.5, 0.6) is 0 Å². The molecule has 3 heteroatoms. The van der Waals surface area contributed by atoms with Gasteiger partial charge in [-0.3, -0.25) is 0 Å². The number of benzene rings is 2. The number of halogens is 2. The minimum atomic E-state index is -0.562. The fourth-order valence-electron chi connectivity index (χ4n) is 2.25. The highest BCUT2D eigenvalue weighted by molar-refractivity contribution is 6.31. The lowest BCUT2D eigenvalue weighted by molar-refractivity contribution is 0.161. The molecule has 2 aromatic rings. The summed E-state index contributed by atoms with van der Waals surface area (Å²) >= 11 is 5.95. The Labute approximate surface area is 124 Å². The lowest BCUT2D eigenvalue weighted by Gasteiger charge is -2.12. The molecule has 0 aliphatic carbocycles. The fraction of sp³-hybridized carbons (Fsp3) is 0.294. The van der Waals surface area contributed by atoms with Crippen LogP contribution in [0.2, 0.25) is 5.02 Å². The predicted molar refractivity (Wildman–Crippen MR) is 80.5 cm³/mol. The van der Waals surface area contributed by atoms with Crippen molar-refractivity contribution < 1.29 is 9.50 Å². The van der Waals surface area contributed by atoms with Crippen molar-refractivity contribution in [3.63, 3.8) is 0 Å². The van der Waals surface area contributed by atoms with E-state index in [1.807, 2.05) is 18.2 Å². The van der Waals surface area contributed by atoms with Crippen molar-refractivity contribution >= 4 is 11.6 Å². The molecule has 2 rings (SSSR count). The van der Waals surface area contributed by atoms with Gasteiger partial charge in [-0.1, -0.05) is 48.0 Å². The normalized spacial score (nSPS) is 12.3. The van der Waals surface area contributed by atoms with E-state index in [4.69, 9.17) is 11.6 Å². The first-order valence-electron chi connectivity index (χ1n) is 6.81. The first-order chi connectivity index (χ1) is 9.66.